The molecule has 0 aliphatic carbocycles. The number of amides is 1. The fourth-order valence-corrected chi connectivity index (χ4v) is 2.65. The molecule has 0 spiro atoms. The number of aromatic nitrogens is 3. The molecule has 1 saturated heterocycles. The molecule has 5 nitrogen and oxygen atoms in total. The summed E-state index contributed by atoms with van der Waals surface area (Å²) < 4.78 is 0. The highest BCUT2D eigenvalue weighted by Gasteiger charge is 2.31. The van der Waals surface area contributed by atoms with Crippen LogP contribution in [0.2, 0.25) is 0 Å². The topological polar surface area (TPSA) is 61.9 Å². The van der Waals surface area contributed by atoms with E-state index in [1.54, 1.807) is 24.7 Å². The van der Waals surface area contributed by atoms with Crippen LogP contribution in [0.15, 0.2) is 30.7 Å². The molecule has 5 heteroatoms. The first-order valence-electron chi connectivity index (χ1n) is 6.48. The number of aromatic amines is 1. The molecule has 0 saturated carbocycles. The highest BCUT2D eigenvalue weighted by Crippen LogP contribution is 2.32. The number of hydrogen-bond acceptors (Lipinski definition) is 3. The molecule has 1 N–H and O–H groups in total. The van der Waals surface area contributed by atoms with Crippen molar-refractivity contribution in [1.29, 1.82) is 0 Å². The van der Waals surface area contributed by atoms with Crippen molar-refractivity contribution in [2.75, 3.05) is 6.54 Å². The fraction of sp³-hybridized carbons (Fsp3) is 0.357. The van der Waals surface area contributed by atoms with Gasteiger partial charge in [-0.25, -0.2) is 0 Å². The van der Waals surface area contributed by atoms with Crippen LogP contribution in [0.3, 0.4) is 0 Å². The number of carbonyl (C=O) groups is 1. The van der Waals surface area contributed by atoms with Crippen LogP contribution in [0.25, 0.3) is 0 Å². The number of H-pyrrole nitrogens is 1. The van der Waals surface area contributed by atoms with Gasteiger partial charge < -0.3 is 4.90 Å². The lowest BCUT2D eigenvalue weighted by atomic mass is 10.1. The average Bonchev–Trinajstić information content (AvgIpc) is 3.09. The van der Waals surface area contributed by atoms with Crippen LogP contribution in [-0.4, -0.2) is 32.5 Å². The minimum Gasteiger partial charge on any atom is -0.330 e. The predicted octanol–water partition coefficient (Wildman–Crippen LogP) is 2.09. The van der Waals surface area contributed by atoms with Gasteiger partial charge in [0.2, 0.25) is 0 Å². The number of carbonyl (C=O) groups excluding carboxylic acids is 1. The summed E-state index contributed by atoms with van der Waals surface area (Å²) in [4.78, 5) is 18.6. The average molecular weight is 256 g/mol. The van der Waals surface area contributed by atoms with Crippen molar-refractivity contribution in [1.82, 2.24) is 20.1 Å². The van der Waals surface area contributed by atoms with Crippen molar-refractivity contribution in [3.63, 3.8) is 0 Å². The first-order valence-corrected chi connectivity index (χ1v) is 6.48. The summed E-state index contributed by atoms with van der Waals surface area (Å²) >= 11 is 0. The molecular weight excluding hydrogens is 240 g/mol. The molecule has 0 radical (unpaired) electrons. The van der Waals surface area contributed by atoms with E-state index in [1.165, 1.54) is 0 Å². The van der Waals surface area contributed by atoms with Gasteiger partial charge in [-0.3, -0.25) is 14.9 Å². The molecule has 2 aromatic rings. The van der Waals surface area contributed by atoms with Crippen molar-refractivity contribution in [3.05, 3.63) is 47.5 Å². The third-order valence-corrected chi connectivity index (χ3v) is 3.65. The monoisotopic (exact) mass is 256 g/mol. The molecule has 1 atom stereocenters. The van der Waals surface area contributed by atoms with E-state index in [1.807, 2.05) is 17.9 Å². The normalized spacial score (nSPS) is 18.8. The third kappa shape index (κ3) is 2.12. The lowest BCUT2D eigenvalue weighted by molar-refractivity contribution is 0.0732. The van der Waals surface area contributed by atoms with Crippen LogP contribution in [0.5, 0.6) is 0 Å². The standard InChI is InChI=1S/C14H16N4O/c1-10-9-15-6-4-11(10)14(19)18-8-2-3-13(18)12-5-7-16-17-12/h4-7,9,13H,2-3,8H2,1H3,(H,16,17). The van der Waals surface area contributed by atoms with Gasteiger partial charge >= 0.3 is 0 Å². The van der Waals surface area contributed by atoms with Crippen molar-refractivity contribution in [2.45, 2.75) is 25.8 Å². The fourth-order valence-electron chi connectivity index (χ4n) is 2.65. The Kier molecular flexibility index (Phi) is 3.03. The maximum atomic E-state index is 12.6. The van der Waals surface area contributed by atoms with Gasteiger partial charge in [-0.05, 0) is 37.5 Å². The van der Waals surface area contributed by atoms with Gasteiger partial charge in [-0.1, -0.05) is 0 Å². The van der Waals surface area contributed by atoms with Crippen molar-refractivity contribution in [3.8, 4) is 0 Å². The zero-order valence-electron chi connectivity index (χ0n) is 10.8. The van der Waals surface area contributed by atoms with Gasteiger partial charge in [-0.2, -0.15) is 5.10 Å². The molecule has 2 aromatic heterocycles. The smallest absolute Gasteiger partial charge is 0.254 e. The maximum absolute atomic E-state index is 12.6. The van der Waals surface area contributed by atoms with E-state index < -0.39 is 0 Å². The van der Waals surface area contributed by atoms with E-state index in [4.69, 9.17) is 0 Å². The van der Waals surface area contributed by atoms with E-state index in [-0.39, 0.29) is 11.9 Å². The summed E-state index contributed by atoms with van der Waals surface area (Å²) in [5, 5.41) is 6.95. The highest BCUT2D eigenvalue weighted by atomic mass is 16.2. The largest absolute Gasteiger partial charge is 0.330 e. The Bertz CT molecular complexity index is 579. The first-order chi connectivity index (χ1) is 9.27. The summed E-state index contributed by atoms with van der Waals surface area (Å²) in [6, 6.07) is 3.85. The van der Waals surface area contributed by atoms with Crippen LogP contribution in [0.4, 0.5) is 0 Å². The van der Waals surface area contributed by atoms with Crippen molar-refractivity contribution >= 4 is 5.91 Å². The SMILES string of the molecule is Cc1cnccc1C(=O)N1CCCC1c1ccn[nH]1. The Hall–Kier alpha value is -2.17. The lowest BCUT2D eigenvalue weighted by Crippen LogP contribution is -2.31. The quantitative estimate of drug-likeness (QED) is 0.895. The van der Waals surface area contributed by atoms with Crippen LogP contribution in [0.1, 0.15) is 40.5 Å². The zero-order chi connectivity index (χ0) is 13.2. The molecule has 0 bridgehead atoms. The minimum atomic E-state index is 0.0806. The van der Waals surface area contributed by atoms with E-state index in [0.29, 0.717) is 0 Å². The molecule has 1 unspecified atom stereocenters. The minimum absolute atomic E-state index is 0.0806. The van der Waals surface area contributed by atoms with Gasteiger partial charge in [0.15, 0.2) is 0 Å². The van der Waals surface area contributed by atoms with Crippen LogP contribution >= 0.6 is 0 Å². The van der Waals surface area contributed by atoms with Crippen molar-refractivity contribution < 1.29 is 4.79 Å². The number of rotatable bonds is 2. The van der Waals surface area contributed by atoms with E-state index in [0.717, 1.165) is 36.2 Å². The van der Waals surface area contributed by atoms with Gasteiger partial charge in [0, 0.05) is 30.7 Å². The Morgan fingerprint density at radius 1 is 1.42 bits per heavy atom. The summed E-state index contributed by atoms with van der Waals surface area (Å²) in [5.41, 5.74) is 2.67. The number of likely N-dealkylation sites (tertiary alicyclic amines) is 1. The maximum Gasteiger partial charge on any atom is 0.254 e. The first kappa shape index (κ1) is 11.9. The van der Waals surface area contributed by atoms with Crippen molar-refractivity contribution in [2.24, 2.45) is 0 Å². The number of nitrogens with zero attached hydrogens (tertiary/aromatic N) is 3. The lowest BCUT2D eigenvalue weighted by Gasteiger charge is -2.24. The van der Waals surface area contributed by atoms with E-state index >= 15 is 0 Å². The zero-order valence-corrected chi connectivity index (χ0v) is 10.8. The Morgan fingerprint density at radius 3 is 3.05 bits per heavy atom. The molecule has 3 rings (SSSR count). The van der Waals surface area contributed by atoms with Gasteiger partial charge in [-0.15, -0.1) is 0 Å². The number of pyridine rings is 1. The molecule has 19 heavy (non-hydrogen) atoms. The molecule has 1 aliphatic rings. The van der Waals surface area contributed by atoms with Crippen LogP contribution < -0.4 is 0 Å². The molecule has 98 valence electrons. The predicted molar refractivity (Wildman–Crippen MR) is 70.6 cm³/mol. The van der Waals surface area contributed by atoms with Gasteiger partial charge in [0.25, 0.3) is 5.91 Å². The number of hydrogen-bond donors (Lipinski definition) is 1. The van der Waals surface area contributed by atoms with E-state index in [2.05, 4.69) is 15.2 Å². The molecule has 1 amide bonds. The Morgan fingerprint density at radius 2 is 2.32 bits per heavy atom. The number of nitrogens with one attached hydrogen (secondary N) is 1. The molecule has 3 heterocycles. The van der Waals surface area contributed by atoms with Crippen LogP contribution in [0, 0.1) is 6.92 Å². The summed E-state index contributed by atoms with van der Waals surface area (Å²) in [7, 11) is 0. The summed E-state index contributed by atoms with van der Waals surface area (Å²) in [6.07, 6.45) is 7.14. The molecular formula is C14H16N4O. The Balaban J connectivity index is 1.89. The molecule has 1 aliphatic heterocycles. The van der Waals surface area contributed by atoms with Gasteiger partial charge in [0.1, 0.15) is 0 Å². The second-order valence-corrected chi connectivity index (χ2v) is 4.86. The highest BCUT2D eigenvalue weighted by molar-refractivity contribution is 5.95. The molecule has 1 fully saturated rings. The third-order valence-electron chi connectivity index (χ3n) is 3.65. The molecule has 0 aromatic carbocycles. The Labute approximate surface area is 111 Å². The second-order valence-electron chi connectivity index (χ2n) is 4.86. The van der Waals surface area contributed by atoms with Crippen LogP contribution in [-0.2, 0) is 0 Å². The number of aryl methyl sites for hydroxylation is 1. The van der Waals surface area contributed by atoms with Gasteiger partial charge in [0.05, 0.1) is 11.7 Å². The summed E-state index contributed by atoms with van der Waals surface area (Å²) in [5.74, 6) is 0.0806. The van der Waals surface area contributed by atoms with E-state index in [9.17, 15) is 4.79 Å². The summed E-state index contributed by atoms with van der Waals surface area (Å²) in [6.45, 7) is 2.71. The second kappa shape index (κ2) is 4.84.